The van der Waals surface area contributed by atoms with Gasteiger partial charge in [0.25, 0.3) is 0 Å². The van der Waals surface area contributed by atoms with E-state index in [4.69, 9.17) is 9.47 Å². The zero-order chi connectivity index (χ0) is 27.0. The summed E-state index contributed by atoms with van der Waals surface area (Å²) in [5.74, 6) is 2.57. The van der Waals surface area contributed by atoms with Crippen molar-refractivity contribution in [1.82, 2.24) is 0 Å². The number of carbonyl (C=O) groups is 1. The van der Waals surface area contributed by atoms with Crippen LogP contribution in [-0.2, 0) is 14.3 Å². The van der Waals surface area contributed by atoms with Crippen LogP contribution in [0.1, 0.15) is 106 Å². The molecule has 0 amide bonds. The fourth-order valence-corrected chi connectivity index (χ4v) is 11.8. The fourth-order valence-electron chi connectivity index (χ4n) is 11.8. The van der Waals surface area contributed by atoms with E-state index < -0.39 is 0 Å². The van der Waals surface area contributed by atoms with Gasteiger partial charge in [-0.1, -0.05) is 46.8 Å². The van der Waals surface area contributed by atoms with E-state index in [0.29, 0.717) is 42.8 Å². The minimum Gasteiger partial charge on any atom is -0.463 e. The highest BCUT2D eigenvalue weighted by Gasteiger charge is 2.72. The second-order valence-electron chi connectivity index (χ2n) is 15.3. The van der Waals surface area contributed by atoms with Gasteiger partial charge in [0.05, 0.1) is 18.1 Å². The number of rotatable bonds is 5. The lowest BCUT2D eigenvalue weighted by Crippen LogP contribution is -2.67. The molecule has 210 valence electrons. The Morgan fingerprint density at radius 1 is 0.865 bits per heavy atom. The molecule has 5 rings (SSSR count). The van der Waals surface area contributed by atoms with E-state index in [1.165, 1.54) is 31.3 Å². The van der Waals surface area contributed by atoms with Gasteiger partial charge >= 0.3 is 5.97 Å². The molecular weight excluding hydrogens is 460 g/mol. The second kappa shape index (κ2) is 9.08. The fraction of sp³-hybridized carbons (Fsp3) is 0.909. The van der Waals surface area contributed by atoms with Crippen LogP contribution in [0.15, 0.2) is 12.2 Å². The van der Waals surface area contributed by atoms with Crippen LogP contribution in [-0.4, -0.2) is 37.5 Å². The first-order valence-corrected chi connectivity index (χ1v) is 15.3. The number of hydrogen-bond donors (Lipinski definition) is 1. The first-order valence-electron chi connectivity index (χ1n) is 15.3. The van der Waals surface area contributed by atoms with Gasteiger partial charge in [0.15, 0.2) is 0 Å². The molecule has 0 aromatic heterocycles. The zero-order valence-electron chi connectivity index (χ0n) is 24.8. The van der Waals surface area contributed by atoms with Crippen molar-refractivity contribution >= 4 is 5.97 Å². The van der Waals surface area contributed by atoms with Crippen molar-refractivity contribution in [2.45, 2.75) is 112 Å². The first-order chi connectivity index (χ1) is 17.3. The minimum atomic E-state index is -0.358. The summed E-state index contributed by atoms with van der Waals surface area (Å²) in [6, 6.07) is 0. The lowest BCUT2D eigenvalue weighted by molar-refractivity contribution is -0.248. The number of esters is 1. The molecule has 0 aliphatic heterocycles. The van der Waals surface area contributed by atoms with E-state index in [9.17, 15) is 9.90 Å². The van der Waals surface area contributed by atoms with E-state index in [1.807, 2.05) is 0 Å². The van der Waals surface area contributed by atoms with Crippen LogP contribution in [0.4, 0.5) is 0 Å². The Hall–Kier alpha value is -0.870. The van der Waals surface area contributed by atoms with Crippen molar-refractivity contribution < 1.29 is 19.4 Å². The molecule has 0 aromatic rings. The standard InChI is InChI=1S/C33H54O4/c1-21(2)22-11-16-33(28(35)37-20-19-36-8)18-17-31(6)23(27(22)33)9-10-25-30(5)14-13-26(34)29(3,4)24(30)12-15-32(25,31)7/h22-27,34H,1,9-20H2,2-8H3/t22-,23+,24-,25+,26-,27+,30-,31+,32+,33-/m0/s1. The highest BCUT2D eigenvalue weighted by Crippen LogP contribution is 2.77. The van der Waals surface area contributed by atoms with Crippen LogP contribution < -0.4 is 0 Å². The Labute approximate surface area is 226 Å². The topological polar surface area (TPSA) is 55.8 Å². The number of fused-ring (bicyclic) bond motifs is 7. The first kappa shape index (κ1) is 27.7. The van der Waals surface area contributed by atoms with Gasteiger partial charge in [-0.3, -0.25) is 4.79 Å². The van der Waals surface area contributed by atoms with Gasteiger partial charge in [0.2, 0.25) is 0 Å². The predicted molar refractivity (Wildman–Crippen MR) is 148 cm³/mol. The third kappa shape index (κ3) is 3.63. The van der Waals surface area contributed by atoms with Gasteiger partial charge in [0.1, 0.15) is 6.61 Å². The number of aliphatic hydroxyl groups is 1. The average molecular weight is 515 g/mol. The van der Waals surface area contributed by atoms with Crippen molar-refractivity contribution in [1.29, 1.82) is 0 Å². The van der Waals surface area contributed by atoms with Gasteiger partial charge in [0, 0.05) is 7.11 Å². The van der Waals surface area contributed by atoms with Crippen LogP contribution in [0.2, 0.25) is 0 Å². The molecule has 0 unspecified atom stereocenters. The summed E-state index contributed by atoms with van der Waals surface area (Å²) in [5, 5.41) is 11.0. The molecule has 0 saturated heterocycles. The van der Waals surface area contributed by atoms with Gasteiger partial charge in [-0.15, -0.1) is 0 Å². The quantitative estimate of drug-likeness (QED) is 0.240. The maximum absolute atomic E-state index is 13.8. The van der Waals surface area contributed by atoms with E-state index >= 15 is 0 Å². The van der Waals surface area contributed by atoms with Crippen molar-refractivity contribution in [3.05, 3.63) is 12.2 Å². The average Bonchev–Trinajstić information content (AvgIpc) is 3.24. The molecule has 0 bridgehead atoms. The van der Waals surface area contributed by atoms with Crippen LogP contribution in [0.25, 0.3) is 0 Å². The summed E-state index contributed by atoms with van der Waals surface area (Å²) in [5.41, 5.74) is 1.63. The SMILES string of the molecule is C=C(C)[C@@H]1CC[C@]2(C(=O)OCCOC)CC[C@]3(C)[C@H](CC[C@@H]4[C@@]5(C)CC[C@H](O)C(C)(C)[C@@H]5CC[C@]43C)[C@@H]12. The molecule has 4 nitrogen and oxygen atoms in total. The molecule has 0 aromatic carbocycles. The highest BCUT2D eigenvalue weighted by atomic mass is 16.6. The molecule has 5 aliphatic carbocycles. The van der Waals surface area contributed by atoms with Gasteiger partial charge in [-0.2, -0.15) is 0 Å². The molecule has 5 aliphatic rings. The summed E-state index contributed by atoms with van der Waals surface area (Å²) in [6.07, 6.45) is 10.9. The normalized spacial score (nSPS) is 50.3. The molecule has 5 fully saturated rings. The zero-order valence-corrected chi connectivity index (χ0v) is 24.8. The Bertz CT molecular complexity index is 925. The van der Waals surface area contributed by atoms with Crippen LogP contribution >= 0.6 is 0 Å². The van der Waals surface area contributed by atoms with Gasteiger partial charge < -0.3 is 14.6 Å². The van der Waals surface area contributed by atoms with Crippen LogP contribution in [0.3, 0.4) is 0 Å². The monoisotopic (exact) mass is 514 g/mol. The van der Waals surface area contributed by atoms with E-state index in [1.54, 1.807) is 7.11 Å². The van der Waals surface area contributed by atoms with Crippen LogP contribution in [0.5, 0.6) is 0 Å². The predicted octanol–water partition coefficient (Wildman–Crippen LogP) is 7.19. The summed E-state index contributed by atoms with van der Waals surface area (Å²) < 4.78 is 11.1. The molecule has 10 atom stereocenters. The molecule has 4 heteroatoms. The van der Waals surface area contributed by atoms with Crippen LogP contribution in [0, 0.1) is 56.7 Å². The van der Waals surface area contributed by atoms with Gasteiger partial charge in [-0.05, 0) is 122 Å². The Morgan fingerprint density at radius 2 is 1.59 bits per heavy atom. The Kier molecular flexibility index (Phi) is 6.80. The van der Waals surface area contributed by atoms with E-state index in [2.05, 4.69) is 48.1 Å². The highest BCUT2D eigenvalue weighted by molar-refractivity contribution is 5.78. The lowest BCUT2D eigenvalue weighted by atomic mass is 9.32. The number of carbonyl (C=O) groups excluding carboxylic acids is 1. The number of ether oxygens (including phenoxy) is 2. The minimum absolute atomic E-state index is 0.0176. The van der Waals surface area contributed by atoms with E-state index in [-0.39, 0.29) is 39.1 Å². The molecular formula is C33H54O4. The third-order valence-corrected chi connectivity index (χ3v) is 14.0. The molecule has 0 heterocycles. The molecule has 5 saturated carbocycles. The summed E-state index contributed by atoms with van der Waals surface area (Å²) in [4.78, 5) is 13.8. The largest absolute Gasteiger partial charge is 0.463 e. The smallest absolute Gasteiger partial charge is 0.312 e. The Morgan fingerprint density at radius 3 is 2.27 bits per heavy atom. The summed E-state index contributed by atoms with van der Waals surface area (Å²) in [7, 11) is 1.66. The summed E-state index contributed by atoms with van der Waals surface area (Å²) >= 11 is 0. The molecule has 0 spiro atoms. The van der Waals surface area contributed by atoms with Crippen molar-refractivity contribution in [2.75, 3.05) is 20.3 Å². The number of aliphatic hydroxyl groups excluding tert-OH is 1. The maximum Gasteiger partial charge on any atom is 0.312 e. The third-order valence-electron chi connectivity index (χ3n) is 14.0. The van der Waals surface area contributed by atoms with Gasteiger partial charge in [-0.25, -0.2) is 0 Å². The number of hydrogen-bond acceptors (Lipinski definition) is 4. The van der Waals surface area contributed by atoms with Crippen molar-refractivity contribution in [3.8, 4) is 0 Å². The summed E-state index contributed by atoms with van der Waals surface area (Å²) in [6.45, 7) is 19.9. The molecule has 37 heavy (non-hydrogen) atoms. The van der Waals surface area contributed by atoms with Crippen molar-refractivity contribution in [2.24, 2.45) is 56.7 Å². The molecule has 1 N–H and O–H groups in total. The van der Waals surface area contributed by atoms with Crippen molar-refractivity contribution in [3.63, 3.8) is 0 Å². The lowest BCUT2D eigenvalue weighted by Gasteiger charge is -2.72. The number of methoxy groups -OCH3 is 1. The Balaban J connectivity index is 1.51. The maximum atomic E-state index is 13.8. The number of allylic oxidation sites excluding steroid dienone is 1. The van der Waals surface area contributed by atoms with E-state index in [0.717, 1.165) is 38.5 Å². The second-order valence-corrected chi connectivity index (χ2v) is 15.3. The molecule has 0 radical (unpaired) electrons.